The topological polar surface area (TPSA) is 74.6 Å². The SMILES string of the molecule is COCc1ncc(C)n1CCNC(=O)c1ccc(OC)cc1OC. The van der Waals surface area contributed by atoms with E-state index in [-0.39, 0.29) is 5.91 Å². The zero-order chi connectivity index (χ0) is 17.5. The van der Waals surface area contributed by atoms with Crippen LogP contribution >= 0.6 is 0 Å². The van der Waals surface area contributed by atoms with Crippen molar-refractivity contribution < 1.29 is 19.0 Å². The highest BCUT2D eigenvalue weighted by Crippen LogP contribution is 2.24. The van der Waals surface area contributed by atoms with Gasteiger partial charge in [-0.25, -0.2) is 4.98 Å². The molecule has 1 amide bonds. The van der Waals surface area contributed by atoms with E-state index in [1.165, 1.54) is 7.11 Å². The monoisotopic (exact) mass is 333 g/mol. The summed E-state index contributed by atoms with van der Waals surface area (Å²) in [4.78, 5) is 16.7. The molecule has 0 fully saturated rings. The molecular formula is C17H23N3O4. The molecule has 2 rings (SSSR count). The van der Waals surface area contributed by atoms with Crippen molar-refractivity contribution in [2.24, 2.45) is 0 Å². The molecule has 0 unspecified atom stereocenters. The number of rotatable bonds is 8. The summed E-state index contributed by atoms with van der Waals surface area (Å²) in [5, 5.41) is 2.90. The van der Waals surface area contributed by atoms with Crippen molar-refractivity contribution in [2.45, 2.75) is 20.1 Å². The lowest BCUT2D eigenvalue weighted by Gasteiger charge is -2.13. The molecule has 130 valence electrons. The first kappa shape index (κ1) is 17.8. The van der Waals surface area contributed by atoms with Gasteiger partial charge in [-0.2, -0.15) is 0 Å². The molecule has 0 bridgehead atoms. The van der Waals surface area contributed by atoms with Crippen LogP contribution in [0.1, 0.15) is 21.9 Å². The van der Waals surface area contributed by atoms with E-state index in [0.29, 0.717) is 36.8 Å². The lowest BCUT2D eigenvalue weighted by Crippen LogP contribution is -2.28. The predicted octanol–water partition coefficient (Wildman–Crippen LogP) is 1.79. The van der Waals surface area contributed by atoms with Crippen LogP contribution < -0.4 is 14.8 Å². The molecule has 7 heteroatoms. The maximum atomic E-state index is 12.4. The fraction of sp³-hybridized carbons (Fsp3) is 0.412. The van der Waals surface area contributed by atoms with Gasteiger partial charge < -0.3 is 24.1 Å². The van der Waals surface area contributed by atoms with Gasteiger partial charge in [-0.05, 0) is 19.1 Å². The Morgan fingerprint density at radius 2 is 2.04 bits per heavy atom. The Morgan fingerprint density at radius 1 is 1.25 bits per heavy atom. The van der Waals surface area contributed by atoms with Crippen molar-refractivity contribution in [3.05, 3.63) is 41.5 Å². The van der Waals surface area contributed by atoms with Gasteiger partial charge in [0.25, 0.3) is 5.91 Å². The first-order chi connectivity index (χ1) is 11.6. The number of aromatic nitrogens is 2. The molecule has 1 aromatic carbocycles. The van der Waals surface area contributed by atoms with Crippen LogP contribution in [0.25, 0.3) is 0 Å². The minimum atomic E-state index is -0.194. The van der Waals surface area contributed by atoms with Crippen LogP contribution in [0, 0.1) is 6.92 Å². The van der Waals surface area contributed by atoms with Crippen LogP contribution in [0.15, 0.2) is 24.4 Å². The number of hydrogen-bond acceptors (Lipinski definition) is 5. The average Bonchev–Trinajstić information content (AvgIpc) is 2.94. The molecule has 0 aliphatic heterocycles. The van der Waals surface area contributed by atoms with Gasteiger partial charge in [-0.15, -0.1) is 0 Å². The Hall–Kier alpha value is -2.54. The summed E-state index contributed by atoms with van der Waals surface area (Å²) in [5.74, 6) is 1.76. The Morgan fingerprint density at radius 3 is 2.71 bits per heavy atom. The van der Waals surface area contributed by atoms with E-state index in [1.54, 1.807) is 38.6 Å². The molecule has 1 heterocycles. The minimum Gasteiger partial charge on any atom is -0.497 e. The fourth-order valence-electron chi connectivity index (χ4n) is 2.42. The number of methoxy groups -OCH3 is 3. The van der Waals surface area contributed by atoms with E-state index >= 15 is 0 Å². The molecule has 2 aromatic rings. The van der Waals surface area contributed by atoms with Crippen LogP contribution in [0.4, 0.5) is 0 Å². The molecule has 0 atom stereocenters. The van der Waals surface area contributed by atoms with Crippen LogP contribution in [-0.2, 0) is 17.9 Å². The number of ether oxygens (including phenoxy) is 3. The first-order valence-electron chi connectivity index (χ1n) is 7.60. The van der Waals surface area contributed by atoms with Crippen molar-refractivity contribution in [2.75, 3.05) is 27.9 Å². The van der Waals surface area contributed by atoms with E-state index in [2.05, 4.69) is 10.3 Å². The van der Waals surface area contributed by atoms with Gasteiger partial charge in [-0.1, -0.05) is 0 Å². The summed E-state index contributed by atoms with van der Waals surface area (Å²) < 4.78 is 17.6. The quantitative estimate of drug-likeness (QED) is 0.797. The molecule has 0 saturated carbocycles. The van der Waals surface area contributed by atoms with Crippen LogP contribution in [0.2, 0.25) is 0 Å². The third-order valence-corrected chi connectivity index (χ3v) is 3.69. The Balaban J connectivity index is 2.00. The molecule has 7 nitrogen and oxygen atoms in total. The van der Waals surface area contributed by atoms with Gasteiger partial charge in [0, 0.05) is 38.2 Å². The summed E-state index contributed by atoms with van der Waals surface area (Å²) in [7, 11) is 4.73. The number of carbonyl (C=O) groups excluding carboxylic acids is 1. The third kappa shape index (κ3) is 4.05. The summed E-state index contributed by atoms with van der Waals surface area (Å²) in [6.45, 7) is 3.51. The van der Waals surface area contributed by atoms with Gasteiger partial charge in [-0.3, -0.25) is 4.79 Å². The number of aryl methyl sites for hydroxylation is 1. The van der Waals surface area contributed by atoms with Gasteiger partial charge in [0.2, 0.25) is 0 Å². The molecule has 1 N–H and O–H groups in total. The maximum absolute atomic E-state index is 12.4. The van der Waals surface area contributed by atoms with Crippen molar-refractivity contribution in [1.82, 2.24) is 14.9 Å². The largest absolute Gasteiger partial charge is 0.497 e. The lowest BCUT2D eigenvalue weighted by atomic mass is 10.1. The van der Waals surface area contributed by atoms with Crippen molar-refractivity contribution >= 4 is 5.91 Å². The predicted molar refractivity (Wildman–Crippen MR) is 89.6 cm³/mol. The minimum absolute atomic E-state index is 0.194. The van der Waals surface area contributed by atoms with Crippen molar-refractivity contribution in [3.8, 4) is 11.5 Å². The van der Waals surface area contributed by atoms with Gasteiger partial charge >= 0.3 is 0 Å². The van der Waals surface area contributed by atoms with Gasteiger partial charge in [0.15, 0.2) is 0 Å². The lowest BCUT2D eigenvalue weighted by molar-refractivity contribution is 0.0948. The molecule has 1 aromatic heterocycles. The second-order valence-corrected chi connectivity index (χ2v) is 5.22. The smallest absolute Gasteiger partial charge is 0.255 e. The second-order valence-electron chi connectivity index (χ2n) is 5.22. The average molecular weight is 333 g/mol. The molecule has 0 saturated heterocycles. The Kier molecular flexibility index (Phi) is 6.20. The van der Waals surface area contributed by atoms with E-state index in [9.17, 15) is 4.79 Å². The zero-order valence-corrected chi connectivity index (χ0v) is 14.5. The first-order valence-corrected chi connectivity index (χ1v) is 7.60. The summed E-state index contributed by atoms with van der Waals surface area (Å²) in [6, 6.07) is 5.10. The van der Waals surface area contributed by atoms with Crippen LogP contribution in [0.5, 0.6) is 11.5 Å². The van der Waals surface area contributed by atoms with Gasteiger partial charge in [0.05, 0.1) is 19.8 Å². The summed E-state index contributed by atoms with van der Waals surface area (Å²) >= 11 is 0. The normalized spacial score (nSPS) is 10.5. The Bertz CT molecular complexity index is 697. The third-order valence-electron chi connectivity index (χ3n) is 3.69. The van der Waals surface area contributed by atoms with E-state index in [0.717, 1.165) is 11.5 Å². The molecular weight excluding hydrogens is 310 g/mol. The molecule has 0 aliphatic carbocycles. The van der Waals surface area contributed by atoms with Crippen LogP contribution in [-0.4, -0.2) is 43.3 Å². The van der Waals surface area contributed by atoms with Crippen molar-refractivity contribution in [3.63, 3.8) is 0 Å². The number of benzene rings is 1. The second kappa shape index (κ2) is 8.35. The van der Waals surface area contributed by atoms with Gasteiger partial charge in [0.1, 0.15) is 23.9 Å². The molecule has 0 spiro atoms. The van der Waals surface area contributed by atoms with Crippen molar-refractivity contribution in [1.29, 1.82) is 0 Å². The fourth-order valence-corrected chi connectivity index (χ4v) is 2.42. The molecule has 24 heavy (non-hydrogen) atoms. The molecule has 0 radical (unpaired) electrons. The highest BCUT2D eigenvalue weighted by atomic mass is 16.5. The van der Waals surface area contributed by atoms with E-state index in [1.807, 2.05) is 11.5 Å². The maximum Gasteiger partial charge on any atom is 0.255 e. The number of carbonyl (C=O) groups is 1. The number of nitrogens with zero attached hydrogens (tertiary/aromatic N) is 2. The summed E-state index contributed by atoms with van der Waals surface area (Å²) in [5.41, 5.74) is 1.50. The Labute approximate surface area is 141 Å². The van der Waals surface area contributed by atoms with Crippen LogP contribution in [0.3, 0.4) is 0 Å². The number of nitrogens with one attached hydrogen (secondary N) is 1. The number of amides is 1. The number of imidazole rings is 1. The zero-order valence-electron chi connectivity index (χ0n) is 14.5. The standard InChI is InChI=1S/C17H23N3O4/c1-12-10-19-16(11-22-2)20(12)8-7-18-17(21)14-6-5-13(23-3)9-15(14)24-4/h5-6,9-10H,7-8,11H2,1-4H3,(H,18,21). The summed E-state index contributed by atoms with van der Waals surface area (Å²) in [6.07, 6.45) is 1.79. The highest BCUT2D eigenvalue weighted by molar-refractivity contribution is 5.97. The highest BCUT2D eigenvalue weighted by Gasteiger charge is 2.13. The van der Waals surface area contributed by atoms with E-state index in [4.69, 9.17) is 14.2 Å². The number of hydrogen-bond donors (Lipinski definition) is 1. The van der Waals surface area contributed by atoms with E-state index < -0.39 is 0 Å². The molecule has 0 aliphatic rings.